The first kappa shape index (κ1) is 26.8. The Balaban J connectivity index is 0.947. The maximum atomic E-state index is 11.5. The summed E-state index contributed by atoms with van der Waals surface area (Å²) in [5, 5.41) is 14.7. The van der Waals surface area contributed by atoms with E-state index in [0.29, 0.717) is 62.6 Å². The van der Waals surface area contributed by atoms with Crippen LogP contribution < -0.4 is 9.47 Å². The molecule has 0 atom stereocenters. The molecule has 4 saturated carbocycles. The highest BCUT2D eigenvalue weighted by Gasteiger charge is 2.52. The fourth-order valence-corrected chi connectivity index (χ4v) is 7.15. The van der Waals surface area contributed by atoms with Gasteiger partial charge in [-0.1, -0.05) is 40.5 Å². The van der Waals surface area contributed by atoms with E-state index in [4.69, 9.17) is 37.2 Å². The van der Waals surface area contributed by atoms with Gasteiger partial charge in [0.1, 0.15) is 17.2 Å². The zero-order chi connectivity index (χ0) is 28.1. The van der Waals surface area contributed by atoms with E-state index in [0.717, 1.165) is 69.1 Å². The van der Waals surface area contributed by atoms with Crippen LogP contribution in [0.5, 0.6) is 11.5 Å². The minimum absolute atomic E-state index is 0.0602. The molecule has 41 heavy (non-hydrogen) atoms. The van der Waals surface area contributed by atoms with Crippen molar-refractivity contribution in [2.45, 2.75) is 69.8 Å². The minimum Gasteiger partial charge on any atom is -0.492 e. The summed E-state index contributed by atoms with van der Waals surface area (Å²) in [5.74, 6) is 2.09. The van der Waals surface area contributed by atoms with Crippen molar-refractivity contribution in [1.29, 1.82) is 0 Å². The van der Waals surface area contributed by atoms with Gasteiger partial charge in [-0.2, -0.15) is 0 Å². The number of nitrogens with zero attached hydrogens (tertiary/aromatic N) is 3. The number of carboxylic acids is 1. The number of rotatable bonds is 10. The number of carboxylic acid groups (broad SMARTS) is 1. The lowest BCUT2D eigenvalue weighted by molar-refractivity contribution is -0.0658. The number of ether oxygens (including phenoxy) is 2. The summed E-state index contributed by atoms with van der Waals surface area (Å²) < 4.78 is 17.7. The average molecular weight is 597 g/mol. The first-order chi connectivity index (χ1) is 19.9. The quantitative estimate of drug-likeness (QED) is 0.252. The molecular formula is C31H31Cl2N3O5. The number of hydrogen-bond donors (Lipinski definition) is 1. The highest BCUT2D eigenvalue weighted by atomic mass is 35.5. The molecule has 0 bridgehead atoms. The molecule has 0 radical (unpaired) electrons. The molecule has 7 rings (SSSR count). The third kappa shape index (κ3) is 5.32. The van der Waals surface area contributed by atoms with Crippen LogP contribution in [-0.2, 0) is 0 Å². The number of aromatic nitrogens is 3. The van der Waals surface area contributed by atoms with Crippen LogP contribution in [-0.4, -0.2) is 38.9 Å². The number of hydrogen-bond acceptors (Lipinski definition) is 7. The SMILES string of the molecule is O=C(O)c1ncc(OCC2CC3(CC(C=Cc4c(-c5c(Cl)cncc5Cl)noc4C4CC4)C3)C2)cc1OC1CCC1. The summed E-state index contributed by atoms with van der Waals surface area (Å²) in [6, 6.07) is 1.68. The van der Waals surface area contributed by atoms with Crippen LogP contribution in [0.4, 0.5) is 0 Å². The van der Waals surface area contributed by atoms with E-state index in [1.807, 2.05) is 0 Å². The molecule has 0 aliphatic heterocycles. The molecule has 1 spiro atoms. The number of allylic oxidation sites excluding steroid dienone is 1. The van der Waals surface area contributed by atoms with Gasteiger partial charge in [0.15, 0.2) is 11.4 Å². The van der Waals surface area contributed by atoms with Crippen molar-refractivity contribution in [3.05, 3.63) is 57.8 Å². The topological polar surface area (TPSA) is 108 Å². The summed E-state index contributed by atoms with van der Waals surface area (Å²) in [5.41, 5.74) is 2.66. The number of pyridine rings is 2. The number of aromatic carboxylic acids is 1. The molecule has 0 unspecified atom stereocenters. The Morgan fingerprint density at radius 3 is 2.51 bits per heavy atom. The largest absolute Gasteiger partial charge is 0.492 e. The highest BCUT2D eigenvalue weighted by Crippen LogP contribution is 2.61. The van der Waals surface area contributed by atoms with Gasteiger partial charge in [0.05, 0.1) is 29.0 Å². The lowest BCUT2D eigenvalue weighted by atomic mass is 9.48. The monoisotopic (exact) mass is 595 g/mol. The van der Waals surface area contributed by atoms with Gasteiger partial charge < -0.3 is 19.1 Å². The third-order valence-corrected chi connectivity index (χ3v) is 9.60. The third-order valence-electron chi connectivity index (χ3n) is 9.02. The van der Waals surface area contributed by atoms with Crippen molar-refractivity contribution in [3.63, 3.8) is 0 Å². The molecule has 0 saturated heterocycles. The van der Waals surface area contributed by atoms with Gasteiger partial charge >= 0.3 is 5.97 Å². The predicted octanol–water partition coefficient (Wildman–Crippen LogP) is 7.84. The molecule has 0 aromatic carbocycles. The average Bonchev–Trinajstić information content (AvgIpc) is 3.64. The van der Waals surface area contributed by atoms with Crippen molar-refractivity contribution in [1.82, 2.24) is 15.1 Å². The Hall–Kier alpha value is -3.10. The van der Waals surface area contributed by atoms with Crippen LogP contribution in [0.15, 0.2) is 35.3 Å². The second-order valence-corrected chi connectivity index (χ2v) is 13.0. The fraction of sp³-hybridized carbons (Fsp3) is 0.484. The first-order valence-electron chi connectivity index (χ1n) is 14.4. The second-order valence-electron chi connectivity index (χ2n) is 12.2. The van der Waals surface area contributed by atoms with E-state index in [2.05, 4.69) is 27.3 Å². The maximum absolute atomic E-state index is 11.5. The van der Waals surface area contributed by atoms with Gasteiger partial charge in [-0.25, -0.2) is 9.78 Å². The molecule has 3 aromatic heterocycles. The van der Waals surface area contributed by atoms with Gasteiger partial charge in [0.25, 0.3) is 0 Å². The second kappa shape index (κ2) is 10.6. The summed E-state index contributed by atoms with van der Waals surface area (Å²) in [7, 11) is 0. The van der Waals surface area contributed by atoms with E-state index in [1.54, 1.807) is 18.5 Å². The van der Waals surface area contributed by atoms with E-state index >= 15 is 0 Å². The molecule has 0 amide bonds. The smallest absolute Gasteiger partial charge is 0.358 e. The summed E-state index contributed by atoms with van der Waals surface area (Å²) in [6.45, 7) is 0.599. The van der Waals surface area contributed by atoms with Crippen LogP contribution in [0, 0.1) is 17.3 Å². The Kier molecular flexibility index (Phi) is 6.94. The van der Waals surface area contributed by atoms with Crippen LogP contribution in [0.25, 0.3) is 17.3 Å². The zero-order valence-electron chi connectivity index (χ0n) is 22.5. The fourth-order valence-electron chi connectivity index (χ4n) is 6.60. The van der Waals surface area contributed by atoms with Crippen LogP contribution in [0.1, 0.15) is 85.5 Å². The minimum atomic E-state index is -1.09. The molecule has 4 fully saturated rings. The Morgan fingerprint density at radius 1 is 1.10 bits per heavy atom. The van der Waals surface area contributed by atoms with Crippen molar-refractivity contribution in [3.8, 4) is 22.8 Å². The van der Waals surface area contributed by atoms with Crippen LogP contribution >= 0.6 is 23.2 Å². The summed E-state index contributed by atoms with van der Waals surface area (Å²) in [6.07, 6.45) is 19.0. The Bertz CT molecular complexity index is 1480. The van der Waals surface area contributed by atoms with Gasteiger partial charge in [0.2, 0.25) is 0 Å². The predicted molar refractivity (Wildman–Crippen MR) is 154 cm³/mol. The molecule has 10 heteroatoms. The van der Waals surface area contributed by atoms with Gasteiger partial charge in [-0.05, 0) is 75.0 Å². The molecule has 214 valence electrons. The van der Waals surface area contributed by atoms with E-state index < -0.39 is 5.97 Å². The Morgan fingerprint density at radius 2 is 1.85 bits per heavy atom. The normalized spacial score (nSPS) is 25.5. The molecule has 4 aliphatic rings. The molecule has 8 nitrogen and oxygen atoms in total. The highest BCUT2D eigenvalue weighted by molar-refractivity contribution is 6.39. The van der Waals surface area contributed by atoms with E-state index in [9.17, 15) is 9.90 Å². The van der Waals surface area contributed by atoms with Gasteiger partial charge in [-0.3, -0.25) is 4.98 Å². The first-order valence-corrected chi connectivity index (χ1v) is 15.1. The van der Waals surface area contributed by atoms with Crippen LogP contribution in [0.3, 0.4) is 0 Å². The zero-order valence-corrected chi connectivity index (χ0v) is 24.0. The lowest BCUT2D eigenvalue weighted by Gasteiger charge is -2.57. The molecule has 3 aromatic rings. The van der Waals surface area contributed by atoms with E-state index in [-0.39, 0.29) is 11.8 Å². The van der Waals surface area contributed by atoms with Crippen LogP contribution in [0.2, 0.25) is 10.0 Å². The molecular weight excluding hydrogens is 565 g/mol. The maximum Gasteiger partial charge on any atom is 0.358 e. The van der Waals surface area contributed by atoms with Gasteiger partial charge in [0, 0.05) is 35.5 Å². The van der Waals surface area contributed by atoms with Gasteiger partial charge in [-0.15, -0.1) is 0 Å². The van der Waals surface area contributed by atoms with E-state index in [1.165, 1.54) is 6.20 Å². The van der Waals surface area contributed by atoms with Crippen molar-refractivity contribution >= 4 is 35.2 Å². The number of halogens is 2. The summed E-state index contributed by atoms with van der Waals surface area (Å²) in [4.78, 5) is 19.7. The lowest BCUT2D eigenvalue weighted by Crippen LogP contribution is -2.48. The standard InChI is InChI=1S/C31H31Cl2N3O5/c32-23-14-34-15-24(33)26(23)27-22(29(41-36-27)19-5-6-19)7-4-17-9-31(10-17)11-18(12-31)16-39-21-8-25(40-20-2-1-3-20)28(30(37)38)35-13-21/h4,7-8,13-15,17-20H,1-3,5-6,9-12,16H2,(H,37,38). The van der Waals surface area contributed by atoms with Crippen molar-refractivity contribution < 1.29 is 23.9 Å². The number of carbonyl (C=O) groups is 1. The Labute approximate surface area is 248 Å². The molecule has 3 heterocycles. The van der Waals surface area contributed by atoms with Crippen molar-refractivity contribution in [2.75, 3.05) is 6.61 Å². The summed E-state index contributed by atoms with van der Waals surface area (Å²) >= 11 is 12.9. The molecule has 1 N–H and O–H groups in total. The van der Waals surface area contributed by atoms with Crippen molar-refractivity contribution in [2.24, 2.45) is 17.3 Å². The molecule has 4 aliphatic carbocycles.